The first-order valence-corrected chi connectivity index (χ1v) is 9.86. The first kappa shape index (κ1) is 27.3. The molecular weight excluding hydrogens is 485 g/mol. The van der Waals surface area contributed by atoms with E-state index in [0.29, 0.717) is 31.5 Å². The van der Waals surface area contributed by atoms with E-state index in [-0.39, 0.29) is 42.5 Å². The van der Waals surface area contributed by atoms with Gasteiger partial charge in [-0.1, -0.05) is 6.07 Å². The van der Waals surface area contributed by atoms with Gasteiger partial charge >= 0.3 is 5.97 Å². The van der Waals surface area contributed by atoms with E-state index in [4.69, 9.17) is 14.2 Å². The third-order valence-corrected chi connectivity index (χ3v) is 3.55. The summed E-state index contributed by atoms with van der Waals surface area (Å²) in [7, 11) is 0. The van der Waals surface area contributed by atoms with Crippen LogP contribution in [0.1, 0.15) is 60.1 Å². The van der Waals surface area contributed by atoms with Gasteiger partial charge in [0.15, 0.2) is 17.5 Å². The van der Waals surface area contributed by atoms with Crippen LogP contribution >= 0.6 is 24.0 Å². The maximum atomic E-state index is 11.9. The smallest absolute Gasteiger partial charge is 0.328 e. The minimum absolute atomic E-state index is 0. The molecule has 1 aromatic rings. The lowest BCUT2D eigenvalue weighted by molar-refractivity contribution is -0.152. The minimum atomic E-state index is -0.524. The number of benzene rings is 1. The van der Waals surface area contributed by atoms with E-state index in [1.165, 1.54) is 0 Å². The SMILES string of the molecule is CCNC(=NCC(=O)OC(C)(C)C)NC(C)c1ccc(OCC)c(OCC)c1.I. The zero-order chi connectivity index (χ0) is 21.2. The number of guanidine groups is 1. The number of esters is 1. The molecule has 0 saturated carbocycles. The Morgan fingerprint density at radius 3 is 2.28 bits per heavy atom. The molecule has 0 aliphatic rings. The molecule has 0 aliphatic heterocycles. The molecule has 0 radical (unpaired) electrons. The summed E-state index contributed by atoms with van der Waals surface area (Å²) in [5.74, 6) is 1.63. The Balaban J connectivity index is 0.00000784. The van der Waals surface area contributed by atoms with Gasteiger partial charge in [0.1, 0.15) is 12.1 Å². The van der Waals surface area contributed by atoms with E-state index in [9.17, 15) is 4.79 Å². The van der Waals surface area contributed by atoms with E-state index in [1.807, 2.05) is 66.7 Å². The third kappa shape index (κ3) is 10.6. The summed E-state index contributed by atoms with van der Waals surface area (Å²) in [6.45, 7) is 15.2. The quantitative estimate of drug-likeness (QED) is 0.221. The molecule has 29 heavy (non-hydrogen) atoms. The van der Waals surface area contributed by atoms with Crippen molar-refractivity contribution in [1.82, 2.24) is 10.6 Å². The number of carbonyl (C=O) groups is 1. The Labute approximate surface area is 192 Å². The molecule has 1 unspecified atom stereocenters. The molecule has 1 aromatic carbocycles. The van der Waals surface area contributed by atoms with Gasteiger partial charge in [-0.25, -0.2) is 4.99 Å². The summed E-state index contributed by atoms with van der Waals surface area (Å²) in [6, 6.07) is 5.81. The second-order valence-corrected chi connectivity index (χ2v) is 7.22. The van der Waals surface area contributed by atoms with Gasteiger partial charge in [-0.3, -0.25) is 4.79 Å². The van der Waals surface area contributed by atoms with Crippen molar-refractivity contribution < 1.29 is 19.0 Å². The number of rotatable bonds is 9. The highest BCUT2D eigenvalue weighted by atomic mass is 127. The van der Waals surface area contributed by atoms with Gasteiger partial charge in [0.05, 0.1) is 19.3 Å². The number of halogens is 1. The van der Waals surface area contributed by atoms with E-state index in [1.54, 1.807) is 0 Å². The van der Waals surface area contributed by atoms with Gasteiger partial charge in [-0.05, 0) is 66.2 Å². The van der Waals surface area contributed by atoms with E-state index < -0.39 is 5.60 Å². The van der Waals surface area contributed by atoms with Crippen molar-refractivity contribution in [3.63, 3.8) is 0 Å². The molecule has 1 atom stereocenters. The number of hydrogen-bond acceptors (Lipinski definition) is 5. The topological polar surface area (TPSA) is 81.2 Å². The average Bonchev–Trinajstić information content (AvgIpc) is 2.60. The summed E-state index contributed by atoms with van der Waals surface area (Å²) >= 11 is 0. The first-order valence-electron chi connectivity index (χ1n) is 9.86. The lowest BCUT2D eigenvalue weighted by atomic mass is 10.1. The first-order chi connectivity index (χ1) is 13.2. The van der Waals surface area contributed by atoms with Crippen LogP contribution in [-0.4, -0.2) is 43.8 Å². The Kier molecular flexibility index (Phi) is 12.7. The molecule has 0 heterocycles. The van der Waals surface area contributed by atoms with Crippen LogP contribution in [0.25, 0.3) is 0 Å². The van der Waals surface area contributed by atoms with Crippen molar-refractivity contribution >= 4 is 35.9 Å². The Hall–Kier alpha value is -1.71. The lowest BCUT2D eigenvalue weighted by Crippen LogP contribution is -2.39. The van der Waals surface area contributed by atoms with E-state index >= 15 is 0 Å². The fourth-order valence-corrected chi connectivity index (χ4v) is 2.46. The van der Waals surface area contributed by atoms with Crippen molar-refractivity contribution in [2.24, 2.45) is 4.99 Å². The third-order valence-electron chi connectivity index (χ3n) is 3.55. The predicted molar refractivity (Wildman–Crippen MR) is 128 cm³/mol. The molecule has 0 spiro atoms. The highest BCUT2D eigenvalue weighted by molar-refractivity contribution is 14.0. The van der Waals surface area contributed by atoms with Gasteiger partial charge < -0.3 is 24.8 Å². The second kappa shape index (κ2) is 13.5. The molecule has 2 N–H and O–H groups in total. The summed E-state index contributed by atoms with van der Waals surface area (Å²) in [5.41, 5.74) is 0.499. The normalized spacial score (nSPS) is 12.4. The average molecular weight is 521 g/mol. The van der Waals surface area contributed by atoms with Crippen LogP contribution in [0.3, 0.4) is 0 Å². The van der Waals surface area contributed by atoms with Crippen molar-refractivity contribution in [3.05, 3.63) is 23.8 Å². The number of aliphatic imine (C=N–C) groups is 1. The molecule has 0 fully saturated rings. The van der Waals surface area contributed by atoms with Crippen LogP contribution in [-0.2, 0) is 9.53 Å². The number of nitrogens with one attached hydrogen (secondary N) is 2. The summed E-state index contributed by atoms with van der Waals surface area (Å²) in [6.07, 6.45) is 0. The highest BCUT2D eigenvalue weighted by Gasteiger charge is 2.17. The number of carbonyl (C=O) groups excluding carboxylic acids is 1. The maximum absolute atomic E-state index is 11.9. The fourth-order valence-electron chi connectivity index (χ4n) is 2.46. The van der Waals surface area contributed by atoms with Crippen LogP contribution in [0.4, 0.5) is 0 Å². The monoisotopic (exact) mass is 521 g/mol. The van der Waals surface area contributed by atoms with Gasteiger partial charge in [-0.15, -0.1) is 24.0 Å². The molecule has 1 rings (SSSR count). The molecule has 0 amide bonds. The number of hydrogen-bond donors (Lipinski definition) is 2. The van der Waals surface area contributed by atoms with Crippen molar-refractivity contribution in [1.29, 1.82) is 0 Å². The van der Waals surface area contributed by atoms with Gasteiger partial charge in [0.25, 0.3) is 0 Å². The number of nitrogens with zero attached hydrogens (tertiary/aromatic N) is 1. The molecule has 0 bridgehead atoms. The minimum Gasteiger partial charge on any atom is -0.490 e. The Morgan fingerprint density at radius 1 is 1.10 bits per heavy atom. The van der Waals surface area contributed by atoms with Crippen LogP contribution < -0.4 is 20.1 Å². The zero-order valence-electron chi connectivity index (χ0n) is 18.6. The van der Waals surface area contributed by atoms with Crippen LogP contribution in [0, 0.1) is 0 Å². The number of ether oxygens (including phenoxy) is 3. The standard InChI is InChI=1S/C21H35N3O4.HI/c1-8-22-20(23-14-19(25)28-21(5,6)7)24-15(4)16-11-12-17(26-9-2)18(13-16)27-10-3;/h11-13,15H,8-10,14H2,1-7H3,(H2,22,23,24);1H. The van der Waals surface area contributed by atoms with Gasteiger partial charge in [0.2, 0.25) is 0 Å². The molecule has 8 heteroatoms. The largest absolute Gasteiger partial charge is 0.490 e. The molecule has 0 aliphatic carbocycles. The second-order valence-electron chi connectivity index (χ2n) is 7.22. The molecular formula is C21H36IN3O4. The van der Waals surface area contributed by atoms with Crippen molar-refractivity contribution in [3.8, 4) is 11.5 Å². The Bertz CT molecular complexity index is 660. The molecule has 0 saturated heterocycles. The van der Waals surface area contributed by atoms with Crippen LogP contribution in [0.15, 0.2) is 23.2 Å². The lowest BCUT2D eigenvalue weighted by Gasteiger charge is -2.21. The fraction of sp³-hybridized carbons (Fsp3) is 0.619. The summed E-state index contributed by atoms with van der Waals surface area (Å²) in [5, 5.41) is 6.46. The molecule has 7 nitrogen and oxygen atoms in total. The summed E-state index contributed by atoms with van der Waals surface area (Å²) in [4.78, 5) is 16.3. The highest BCUT2D eigenvalue weighted by Crippen LogP contribution is 2.30. The van der Waals surface area contributed by atoms with Gasteiger partial charge in [-0.2, -0.15) is 0 Å². The molecule has 0 aromatic heterocycles. The van der Waals surface area contributed by atoms with Crippen molar-refractivity contribution in [2.45, 2.75) is 60.1 Å². The Morgan fingerprint density at radius 2 is 1.72 bits per heavy atom. The summed E-state index contributed by atoms with van der Waals surface area (Å²) < 4.78 is 16.6. The predicted octanol–water partition coefficient (Wildman–Crippen LogP) is 4.06. The van der Waals surface area contributed by atoms with Crippen molar-refractivity contribution in [2.75, 3.05) is 26.3 Å². The maximum Gasteiger partial charge on any atom is 0.328 e. The van der Waals surface area contributed by atoms with E-state index in [0.717, 1.165) is 11.3 Å². The zero-order valence-corrected chi connectivity index (χ0v) is 21.0. The van der Waals surface area contributed by atoms with Gasteiger partial charge in [0, 0.05) is 6.54 Å². The molecule has 166 valence electrons. The van der Waals surface area contributed by atoms with Crippen LogP contribution in [0.5, 0.6) is 11.5 Å². The van der Waals surface area contributed by atoms with Crippen LogP contribution in [0.2, 0.25) is 0 Å². The van der Waals surface area contributed by atoms with E-state index in [2.05, 4.69) is 15.6 Å².